The van der Waals surface area contributed by atoms with Gasteiger partial charge in [0.15, 0.2) is 0 Å². The lowest BCUT2D eigenvalue weighted by Crippen LogP contribution is -2.22. The van der Waals surface area contributed by atoms with Crippen LogP contribution in [-0.4, -0.2) is 18.2 Å². The van der Waals surface area contributed by atoms with Crippen molar-refractivity contribution < 1.29 is 18.0 Å². The van der Waals surface area contributed by atoms with Gasteiger partial charge in [-0.2, -0.15) is 13.2 Å². The maximum Gasteiger partial charge on any atom is 0.450 e. The summed E-state index contributed by atoms with van der Waals surface area (Å²) in [5, 5.41) is 0.532. The summed E-state index contributed by atoms with van der Waals surface area (Å²) < 4.78 is 35.5. The van der Waals surface area contributed by atoms with E-state index in [-0.39, 0.29) is 6.54 Å². The van der Waals surface area contributed by atoms with Crippen molar-refractivity contribution in [3.8, 4) is 0 Å². The SMILES string of the molecule is O=C(CC=NCc1cccc(Cl)c1)C(F)(F)F. The molecular formula is C11H9ClF3NO. The smallest absolute Gasteiger partial charge is 0.292 e. The first kappa shape index (κ1) is 13.7. The number of Topliss-reactive ketones (excluding diaryl/α,β-unsaturated/α-hetero) is 1. The lowest BCUT2D eigenvalue weighted by Gasteiger charge is -2.01. The molecular weight excluding hydrogens is 255 g/mol. The van der Waals surface area contributed by atoms with Crippen LogP contribution in [0.5, 0.6) is 0 Å². The second-order valence-electron chi connectivity index (χ2n) is 3.28. The van der Waals surface area contributed by atoms with Crippen molar-refractivity contribution in [3.05, 3.63) is 34.9 Å². The number of carbonyl (C=O) groups excluding carboxylic acids is 1. The number of ketones is 1. The van der Waals surface area contributed by atoms with E-state index in [1.54, 1.807) is 24.3 Å². The van der Waals surface area contributed by atoms with E-state index in [2.05, 4.69) is 4.99 Å². The van der Waals surface area contributed by atoms with E-state index in [4.69, 9.17) is 11.6 Å². The molecule has 0 unspecified atom stereocenters. The highest BCUT2D eigenvalue weighted by Gasteiger charge is 2.36. The topological polar surface area (TPSA) is 29.4 Å². The van der Waals surface area contributed by atoms with Crippen molar-refractivity contribution in [2.24, 2.45) is 4.99 Å². The van der Waals surface area contributed by atoms with Gasteiger partial charge >= 0.3 is 6.18 Å². The summed E-state index contributed by atoms with van der Waals surface area (Å²) in [6, 6.07) is 6.80. The number of aliphatic imine (C=N–C) groups is 1. The lowest BCUT2D eigenvalue weighted by molar-refractivity contribution is -0.169. The zero-order valence-electron chi connectivity index (χ0n) is 8.67. The highest BCUT2D eigenvalue weighted by Crippen LogP contribution is 2.17. The summed E-state index contributed by atoms with van der Waals surface area (Å²) in [5.41, 5.74) is 0.771. The van der Waals surface area contributed by atoms with E-state index < -0.39 is 18.4 Å². The molecule has 0 aliphatic carbocycles. The van der Waals surface area contributed by atoms with Crippen molar-refractivity contribution in [1.29, 1.82) is 0 Å². The van der Waals surface area contributed by atoms with Gasteiger partial charge in [0.2, 0.25) is 5.78 Å². The maximum atomic E-state index is 11.8. The molecule has 0 spiro atoms. The van der Waals surface area contributed by atoms with Crippen LogP contribution in [0.25, 0.3) is 0 Å². The second-order valence-corrected chi connectivity index (χ2v) is 3.71. The van der Waals surface area contributed by atoms with Crippen molar-refractivity contribution in [3.63, 3.8) is 0 Å². The summed E-state index contributed by atoms with van der Waals surface area (Å²) in [5.74, 6) is -1.80. The molecule has 0 aliphatic heterocycles. The van der Waals surface area contributed by atoms with Crippen LogP contribution in [0.2, 0.25) is 5.02 Å². The van der Waals surface area contributed by atoms with Crippen LogP contribution in [0.4, 0.5) is 13.2 Å². The number of carbonyl (C=O) groups is 1. The van der Waals surface area contributed by atoms with Gasteiger partial charge in [0.05, 0.1) is 13.0 Å². The maximum absolute atomic E-state index is 11.8. The van der Waals surface area contributed by atoms with Crippen molar-refractivity contribution in [2.75, 3.05) is 0 Å². The van der Waals surface area contributed by atoms with E-state index in [1.807, 2.05) is 0 Å². The molecule has 0 atom stereocenters. The molecule has 92 valence electrons. The molecule has 1 aromatic rings. The standard InChI is InChI=1S/C11H9ClF3NO/c12-9-3-1-2-8(6-9)7-16-5-4-10(17)11(13,14)15/h1-3,5-6H,4,7H2. The molecule has 0 saturated carbocycles. The van der Waals surface area contributed by atoms with E-state index in [0.29, 0.717) is 5.02 Å². The zero-order valence-corrected chi connectivity index (χ0v) is 9.42. The largest absolute Gasteiger partial charge is 0.450 e. The molecule has 0 heterocycles. The molecule has 0 aliphatic rings. The Labute approximate surface area is 101 Å². The molecule has 0 radical (unpaired) electrons. The average Bonchev–Trinajstić information content (AvgIpc) is 2.23. The number of hydrogen-bond acceptors (Lipinski definition) is 2. The number of alkyl halides is 3. The fraction of sp³-hybridized carbons (Fsp3) is 0.273. The third-order valence-corrected chi connectivity index (χ3v) is 2.12. The van der Waals surface area contributed by atoms with E-state index in [9.17, 15) is 18.0 Å². The highest BCUT2D eigenvalue weighted by atomic mass is 35.5. The molecule has 2 nitrogen and oxygen atoms in total. The fourth-order valence-electron chi connectivity index (χ4n) is 1.07. The summed E-state index contributed by atoms with van der Waals surface area (Å²) >= 11 is 5.71. The van der Waals surface area contributed by atoms with Gasteiger partial charge in [-0.1, -0.05) is 23.7 Å². The first-order chi connectivity index (χ1) is 7.89. The molecule has 0 amide bonds. The third kappa shape index (κ3) is 4.99. The number of hydrogen-bond donors (Lipinski definition) is 0. The summed E-state index contributed by atoms with van der Waals surface area (Å²) in [4.78, 5) is 14.2. The van der Waals surface area contributed by atoms with Gasteiger partial charge in [-0.15, -0.1) is 0 Å². The monoisotopic (exact) mass is 263 g/mol. The Bertz CT molecular complexity index is 429. The molecule has 0 saturated heterocycles. The zero-order chi connectivity index (χ0) is 12.9. The van der Waals surface area contributed by atoms with Gasteiger partial charge in [-0.3, -0.25) is 9.79 Å². The predicted molar refractivity (Wildman–Crippen MR) is 59.3 cm³/mol. The van der Waals surface area contributed by atoms with Crippen LogP contribution in [0.1, 0.15) is 12.0 Å². The molecule has 0 fully saturated rings. The van der Waals surface area contributed by atoms with Gasteiger partial charge in [0, 0.05) is 11.2 Å². The summed E-state index contributed by atoms with van der Waals surface area (Å²) in [6.45, 7) is 0.200. The first-order valence-electron chi connectivity index (χ1n) is 4.72. The lowest BCUT2D eigenvalue weighted by atomic mass is 10.2. The molecule has 0 bridgehead atoms. The second kappa shape index (κ2) is 5.82. The van der Waals surface area contributed by atoms with Crippen molar-refractivity contribution in [2.45, 2.75) is 19.1 Å². The minimum atomic E-state index is -4.79. The Morgan fingerprint density at radius 3 is 2.71 bits per heavy atom. The van der Waals surface area contributed by atoms with Crippen LogP contribution < -0.4 is 0 Å². The average molecular weight is 264 g/mol. The van der Waals surface area contributed by atoms with E-state index >= 15 is 0 Å². The number of nitrogens with zero attached hydrogens (tertiary/aromatic N) is 1. The summed E-state index contributed by atoms with van der Waals surface area (Å²) in [7, 11) is 0. The Morgan fingerprint density at radius 2 is 2.12 bits per heavy atom. The minimum absolute atomic E-state index is 0.200. The minimum Gasteiger partial charge on any atom is -0.292 e. The van der Waals surface area contributed by atoms with Gasteiger partial charge in [-0.25, -0.2) is 0 Å². The molecule has 0 aromatic heterocycles. The Morgan fingerprint density at radius 1 is 1.41 bits per heavy atom. The predicted octanol–water partition coefficient (Wildman–Crippen LogP) is 3.43. The van der Waals surface area contributed by atoms with Gasteiger partial charge < -0.3 is 0 Å². The molecule has 6 heteroatoms. The van der Waals surface area contributed by atoms with E-state index in [0.717, 1.165) is 11.8 Å². The van der Waals surface area contributed by atoms with Crippen molar-refractivity contribution in [1.82, 2.24) is 0 Å². The summed E-state index contributed by atoms with van der Waals surface area (Å²) in [6.07, 6.45) is -4.55. The van der Waals surface area contributed by atoms with E-state index in [1.165, 1.54) is 0 Å². The van der Waals surface area contributed by atoms with Gasteiger partial charge in [0.25, 0.3) is 0 Å². The molecule has 17 heavy (non-hydrogen) atoms. The quantitative estimate of drug-likeness (QED) is 0.765. The Hall–Kier alpha value is -1.36. The van der Waals surface area contributed by atoms with Crippen LogP contribution >= 0.6 is 11.6 Å². The van der Waals surface area contributed by atoms with Crippen LogP contribution in [-0.2, 0) is 11.3 Å². The first-order valence-corrected chi connectivity index (χ1v) is 5.10. The van der Waals surface area contributed by atoms with Gasteiger partial charge in [-0.05, 0) is 17.7 Å². The number of halogens is 4. The van der Waals surface area contributed by atoms with Crippen molar-refractivity contribution >= 4 is 23.6 Å². The van der Waals surface area contributed by atoms with Crippen LogP contribution in [0.15, 0.2) is 29.3 Å². The molecule has 0 N–H and O–H groups in total. The fourth-order valence-corrected chi connectivity index (χ4v) is 1.28. The Kier molecular flexibility index (Phi) is 4.69. The normalized spacial score (nSPS) is 12.0. The highest BCUT2D eigenvalue weighted by molar-refractivity contribution is 6.30. The Balaban J connectivity index is 2.44. The molecule has 1 aromatic carbocycles. The van der Waals surface area contributed by atoms with Crippen LogP contribution in [0, 0.1) is 0 Å². The van der Waals surface area contributed by atoms with Gasteiger partial charge in [0.1, 0.15) is 0 Å². The number of rotatable bonds is 4. The van der Waals surface area contributed by atoms with Crippen LogP contribution in [0.3, 0.4) is 0 Å². The third-order valence-electron chi connectivity index (χ3n) is 1.88. The molecule has 1 rings (SSSR count). The number of benzene rings is 1.